The molecule has 1 aromatic carbocycles. The zero-order valence-electron chi connectivity index (χ0n) is 12.1. The van der Waals surface area contributed by atoms with Gasteiger partial charge in [-0.2, -0.15) is 0 Å². The largest absolute Gasteiger partial charge is 0.487 e. The average Bonchev–Trinajstić information content (AvgIpc) is 2.44. The molecule has 0 spiro atoms. The summed E-state index contributed by atoms with van der Waals surface area (Å²) in [5, 5.41) is 12.1. The van der Waals surface area contributed by atoms with Gasteiger partial charge in [-0.15, -0.1) is 0 Å². The van der Waals surface area contributed by atoms with Gasteiger partial charge < -0.3 is 25.6 Å². The normalized spacial score (nSPS) is 13.5. The maximum absolute atomic E-state index is 13.3. The average molecular weight is 300 g/mol. The lowest BCUT2D eigenvalue weighted by Gasteiger charge is -2.18. The molecule has 0 fully saturated rings. The summed E-state index contributed by atoms with van der Waals surface area (Å²) in [6.45, 7) is 3.90. The molecule has 21 heavy (non-hydrogen) atoms. The second-order valence-electron chi connectivity index (χ2n) is 4.78. The molecule has 0 aliphatic carbocycles. The molecule has 2 atom stereocenters. The molecule has 0 bridgehead atoms. The summed E-state index contributed by atoms with van der Waals surface area (Å²) in [4.78, 5) is 10.5. The molecule has 0 radical (unpaired) electrons. The molecule has 0 saturated heterocycles. The van der Waals surface area contributed by atoms with Gasteiger partial charge in [0.1, 0.15) is 24.3 Å². The van der Waals surface area contributed by atoms with E-state index < -0.39 is 18.0 Å². The number of aliphatic hydroxyl groups excluding tert-OH is 1. The molecule has 1 aromatic rings. The van der Waals surface area contributed by atoms with E-state index in [2.05, 4.69) is 10.1 Å². The zero-order chi connectivity index (χ0) is 15.8. The molecule has 118 valence electrons. The van der Waals surface area contributed by atoms with Crippen LogP contribution >= 0.6 is 0 Å². The van der Waals surface area contributed by atoms with Crippen molar-refractivity contribution in [2.45, 2.75) is 32.5 Å². The van der Waals surface area contributed by atoms with E-state index in [1.165, 1.54) is 12.1 Å². The first kappa shape index (κ1) is 17.2. The van der Waals surface area contributed by atoms with Crippen molar-refractivity contribution in [3.05, 3.63) is 29.6 Å². The third-order valence-electron chi connectivity index (χ3n) is 2.73. The first-order chi connectivity index (χ1) is 9.92. The van der Waals surface area contributed by atoms with E-state index in [4.69, 9.17) is 15.6 Å². The van der Waals surface area contributed by atoms with Crippen LogP contribution in [0, 0.1) is 5.82 Å². The predicted molar refractivity (Wildman–Crippen MR) is 75.4 cm³/mol. The summed E-state index contributed by atoms with van der Waals surface area (Å²) < 4.78 is 23.5. The summed E-state index contributed by atoms with van der Waals surface area (Å²) in [7, 11) is 0. The van der Waals surface area contributed by atoms with Gasteiger partial charge in [-0.25, -0.2) is 9.18 Å². The van der Waals surface area contributed by atoms with Gasteiger partial charge >= 0.3 is 6.09 Å². The SMILES string of the molecule is C[C@H](CO)NCc1ccc(F)cc1O[C@@H](C)COC(N)=O. The third kappa shape index (κ3) is 6.42. The first-order valence-electron chi connectivity index (χ1n) is 6.64. The van der Waals surface area contributed by atoms with Crippen molar-refractivity contribution in [1.82, 2.24) is 5.32 Å². The molecule has 0 aromatic heterocycles. The van der Waals surface area contributed by atoms with Crippen LogP contribution in [0.2, 0.25) is 0 Å². The standard InChI is InChI=1S/C14H21FN2O4/c1-9(7-18)17-6-11-3-4-12(15)5-13(11)21-10(2)8-20-14(16)19/h3-5,9-10,17-18H,6-8H2,1-2H3,(H2,16,19)/t9-,10+/m1/s1. The van der Waals surface area contributed by atoms with Crippen LogP contribution in [0.1, 0.15) is 19.4 Å². The number of hydrogen-bond acceptors (Lipinski definition) is 5. The fraction of sp³-hybridized carbons (Fsp3) is 0.500. The number of nitrogens with two attached hydrogens (primary N) is 1. The number of halogens is 1. The van der Waals surface area contributed by atoms with Crippen molar-refractivity contribution in [2.75, 3.05) is 13.2 Å². The number of ether oxygens (including phenoxy) is 2. The Labute approximate surface area is 123 Å². The highest BCUT2D eigenvalue weighted by molar-refractivity contribution is 5.64. The Morgan fingerprint density at radius 1 is 1.48 bits per heavy atom. The third-order valence-corrected chi connectivity index (χ3v) is 2.73. The molecular formula is C14H21FN2O4. The van der Waals surface area contributed by atoms with Crippen molar-refractivity contribution in [3.8, 4) is 5.75 Å². The van der Waals surface area contributed by atoms with Gasteiger partial charge in [0.25, 0.3) is 0 Å². The Hall–Kier alpha value is -1.86. The molecule has 0 aliphatic rings. The number of carbonyl (C=O) groups is 1. The number of primary amides is 1. The molecule has 0 unspecified atom stereocenters. The molecule has 4 N–H and O–H groups in total. The Balaban J connectivity index is 2.69. The number of benzene rings is 1. The Morgan fingerprint density at radius 2 is 2.19 bits per heavy atom. The van der Waals surface area contributed by atoms with Gasteiger partial charge in [0.15, 0.2) is 0 Å². The number of amides is 1. The summed E-state index contributed by atoms with van der Waals surface area (Å²) in [5.41, 5.74) is 5.61. The fourth-order valence-electron chi connectivity index (χ4n) is 1.58. The van der Waals surface area contributed by atoms with Gasteiger partial charge in [0.2, 0.25) is 0 Å². The van der Waals surface area contributed by atoms with Gasteiger partial charge in [-0.05, 0) is 19.9 Å². The van der Waals surface area contributed by atoms with Crippen LogP contribution < -0.4 is 15.8 Å². The minimum atomic E-state index is -0.886. The first-order valence-corrected chi connectivity index (χ1v) is 6.64. The Morgan fingerprint density at radius 3 is 2.81 bits per heavy atom. The van der Waals surface area contributed by atoms with Crippen LogP contribution in [0.15, 0.2) is 18.2 Å². The highest BCUT2D eigenvalue weighted by atomic mass is 19.1. The Kier molecular flexibility index (Phi) is 6.90. The lowest BCUT2D eigenvalue weighted by molar-refractivity contribution is 0.0955. The maximum Gasteiger partial charge on any atom is 0.404 e. The quantitative estimate of drug-likeness (QED) is 0.670. The van der Waals surface area contributed by atoms with Crippen LogP contribution in [0.3, 0.4) is 0 Å². The zero-order valence-corrected chi connectivity index (χ0v) is 12.1. The van der Waals surface area contributed by atoms with Crippen LogP contribution in [0.5, 0.6) is 5.75 Å². The molecule has 0 aliphatic heterocycles. The van der Waals surface area contributed by atoms with Crippen LogP contribution in [-0.4, -0.2) is 36.6 Å². The number of carbonyl (C=O) groups excluding carboxylic acids is 1. The smallest absolute Gasteiger partial charge is 0.404 e. The second-order valence-corrected chi connectivity index (χ2v) is 4.78. The lowest BCUT2D eigenvalue weighted by Crippen LogP contribution is -2.29. The van der Waals surface area contributed by atoms with E-state index in [9.17, 15) is 9.18 Å². The van der Waals surface area contributed by atoms with Crippen molar-refractivity contribution in [2.24, 2.45) is 5.73 Å². The van der Waals surface area contributed by atoms with Crippen molar-refractivity contribution in [1.29, 1.82) is 0 Å². The highest BCUT2D eigenvalue weighted by Crippen LogP contribution is 2.21. The molecule has 0 saturated carbocycles. The van der Waals surface area contributed by atoms with Crippen molar-refractivity contribution >= 4 is 6.09 Å². The van der Waals surface area contributed by atoms with E-state index in [1.54, 1.807) is 13.0 Å². The van der Waals surface area contributed by atoms with Crippen LogP contribution in [0.25, 0.3) is 0 Å². The molecule has 1 rings (SSSR count). The van der Waals surface area contributed by atoms with Gasteiger partial charge in [0, 0.05) is 24.2 Å². The monoisotopic (exact) mass is 300 g/mol. The topological polar surface area (TPSA) is 93.8 Å². The minimum absolute atomic E-state index is 0.000238. The number of rotatable bonds is 8. The minimum Gasteiger partial charge on any atom is -0.487 e. The van der Waals surface area contributed by atoms with Crippen molar-refractivity contribution in [3.63, 3.8) is 0 Å². The number of aliphatic hydroxyl groups is 1. The lowest BCUT2D eigenvalue weighted by atomic mass is 10.2. The number of hydrogen-bond donors (Lipinski definition) is 3. The van der Waals surface area contributed by atoms with Gasteiger partial charge in [-0.1, -0.05) is 6.07 Å². The van der Waals surface area contributed by atoms with Crippen LogP contribution in [0.4, 0.5) is 9.18 Å². The summed E-state index contributed by atoms with van der Waals surface area (Å²) in [5.74, 6) is -0.0693. The molecule has 7 heteroatoms. The molecule has 6 nitrogen and oxygen atoms in total. The van der Waals surface area contributed by atoms with E-state index in [-0.39, 0.29) is 19.3 Å². The molecule has 1 amide bonds. The van der Waals surface area contributed by atoms with E-state index >= 15 is 0 Å². The summed E-state index contributed by atoms with van der Waals surface area (Å²) in [6, 6.07) is 4.11. The van der Waals surface area contributed by atoms with E-state index in [0.29, 0.717) is 12.3 Å². The molecule has 0 heterocycles. The van der Waals surface area contributed by atoms with Crippen molar-refractivity contribution < 1.29 is 23.8 Å². The second kappa shape index (κ2) is 8.43. The highest BCUT2D eigenvalue weighted by Gasteiger charge is 2.12. The Bertz CT molecular complexity index is 470. The van der Waals surface area contributed by atoms with E-state index in [1.807, 2.05) is 6.92 Å². The summed E-state index contributed by atoms with van der Waals surface area (Å²) >= 11 is 0. The molecular weight excluding hydrogens is 279 g/mol. The maximum atomic E-state index is 13.3. The van der Waals surface area contributed by atoms with E-state index in [0.717, 1.165) is 5.56 Å². The number of nitrogens with one attached hydrogen (secondary N) is 1. The van der Waals surface area contributed by atoms with Gasteiger partial charge in [0.05, 0.1) is 6.61 Å². The predicted octanol–water partition coefficient (Wildman–Crippen LogP) is 1.16. The fourth-order valence-corrected chi connectivity index (χ4v) is 1.58. The van der Waals surface area contributed by atoms with Gasteiger partial charge in [-0.3, -0.25) is 0 Å². The van der Waals surface area contributed by atoms with Crippen LogP contribution in [-0.2, 0) is 11.3 Å². The summed E-state index contributed by atoms with van der Waals surface area (Å²) in [6.07, 6.45) is -1.35.